The maximum absolute atomic E-state index is 12.9. The van der Waals surface area contributed by atoms with Gasteiger partial charge in [-0.25, -0.2) is 8.42 Å². The van der Waals surface area contributed by atoms with Crippen LogP contribution in [-0.4, -0.2) is 54.5 Å². The summed E-state index contributed by atoms with van der Waals surface area (Å²) in [6.07, 6.45) is 3.29. The van der Waals surface area contributed by atoms with Crippen LogP contribution in [0.3, 0.4) is 0 Å². The molecule has 4 rings (SSSR count). The Kier molecular flexibility index (Phi) is 5.39. The van der Waals surface area contributed by atoms with Crippen LogP contribution in [0, 0.1) is 11.8 Å². The molecule has 0 aromatic heterocycles. The number of hydrogen-bond acceptors (Lipinski definition) is 5. The number of carboxylic acid groups (broad SMARTS) is 1. The molecule has 2 bridgehead atoms. The molecular weight excluding hydrogens is 396 g/mol. The summed E-state index contributed by atoms with van der Waals surface area (Å²) >= 11 is 0. The van der Waals surface area contributed by atoms with Crippen molar-refractivity contribution in [2.45, 2.75) is 62.2 Å². The topological polar surface area (TPSA) is 113 Å². The number of carboxylic acids is 1. The van der Waals surface area contributed by atoms with Crippen LogP contribution < -0.4 is 5.32 Å². The third-order valence-corrected chi connectivity index (χ3v) is 8.36. The minimum Gasteiger partial charge on any atom is -0.481 e. The minimum absolute atomic E-state index is 0.0288. The standard InChI is InChI=1S/C20H26N2O6S/c1-12-4-2-3-11-22(12)29(26,27)14-7-5-13(6-8-14)21-19(23)17-15-9-10-16(28-15)18(17)20(24)25/h5-8,12,15-18H,2-4,9-11H2,1H3,(H,21,23)(H,24,25)/t12-,15-,16-,17-,18+/m1/s1. The van der Waals surface area contributed by atoms with Crippen LogP contribution >= 0.6 is 0 Å². The minimum atomic E-state index is -3.58. The van der Waals surface area contributed by atoms with Gasteiger partial charge in [-0.1, -0.05) is 6.42 Å². The zero-order valence-corrected chi connectivity index (χ0v) is 17.1. The Morgan fingerprint density at radius 3 is 2.34 bits per heavy atom. The number of sulfonamides is 1. The van der Waals surface area contributed by atoms with Crippen molar-refractivity contribution < 1.29 is 27.9 Å². The molecule has 29 heavy (non-hydrogen) atoms. The van der Waals surface area contributed by atoms with E-state index in [4.69, 9.17) is 4.74 Å². The fourth-order valence-corrected chi connectivity index (χ4v) is 6.52. The molecule has 0 aliphatic carbocycles. The molecular formula is C20H26N2O6S. The van der Waals surface area contributed by atoms with Gasteiger partial charge in [0, 0.05) is 18.3 Å². The second kappa shape index (κ2) is 7.70. The molecule has 5 atom stereocenters. The zero-order valence-electron chi connectivity index (χ0n) is 16.3. The van der Waals surface area contributed by atoms with Crippen LogP contribution in [0.15, 0.2) is 29.2 Å². The summed E-state index contributed by atoms with van der Waals surface area (Å²) in [5.41, 5.74) is 0.438. The lowest BCUT2D eigenvalue weighted by Crippen LogP contribution is -2.42. The van der Waals surface area contributed by atoms with E-state index in [-0.39, 0.29) is 17.0 Å². The van der Waals surface area contributed by atoms with E-state index in [1.165, 1.54) is 16.4 Å². The molecule has 3 saturated heterocycles. The van der Waals surface area contributed by atoms with E-state index in [9.17, 15) is 23.1 Å². The van der Waals surface area contributed by atoms with Gasteiger partial charge in [0.05, 0.1) is 28.9 Å². The first kappa shape index (κ1) is 20.3. The molecule has 8 nitrogen and oxygen atoms in total. The quantitative estimate of drug-likeness (QED) is 0.751. The molecule has 3 aliphatic rings. The van der Waals surface area contributed by atoms with Gasteiger partial charge < -0.3 is 15.2 Å². The van der Waals surface area contributed by atoms with E-state index in [0.29, 0.717) is 25.1 Å². The second-order valence-electron chi connectivity index (χ2n) is 8.15. The molecule has 9 heteroatoms. The summed E-state index contributed by atoms with van der Waals surface area (Å²) in [7, 11) is -3.58. The van der Waals surface area contributed by atoms with Crippen molar-refractivity contribution in [2.24, 2.45) is 11.8 Å². The number of carbonyl (C=O) groups excluding carboxylic acids is 1. The number of anilines is 1. The summed E-state index contributed by atoms with van der Waals surface area (Å²) in [6.45, 7) is 2.43. The molecule has 158 valence electrons. The Morgan fingerprint density at radius 2 is 1.72 bits per heavy atom. The first-order valence-electron chi connectivity index (χ1n) is 10.1. The SMILES string of the molecule is C[C@@H]1CCCCN1S(=O)(=O)c1ccc(NC(=O)[C@H]2[C@@H](C(=O)O)[C@H]3CC[C@H]2O3)cc1. The Labute approximate surface area is 170 Å². The number of carbonyl (C=O) groups is 2. The van der Waals surface area contributed by atoms with E-state index >= 15 is 0 Å². The second-order valence-corrected chi connectivity index (χ2v) is 10.0. The van der Waals surface area contributed by atoms with E-state index in [0.717, 1.165) is 19.3 Å². The van der Waals surface area contributed by atoms with Crippen LogP contribution in [0.5, 0.6) is 0 Å². The first-order chi connectivity index (χ1) is 13.8. The van der Waals surface area contributed by atoms with Gasteiger partial charge in [-0.15, -0.1) is 0 Å². The van der Waals surface area contributed by atoms with Crippen LogP contribution in [-0.2, 0) is 24.3 Å². The summed E-state index contributed by atoms with van der Waals surface area (Å²) in [6, 6.07) is 6.03. The highest BCUT2D eigenvalue weighted by Gasteiger charge is 2.55. The number of amides is 1. The number of aliphatic carboxylic acids is 1. The Balaban J connectivity index is 1.47. The van der Waals surface area contributed by atoms with E-state index in [1.54, 1.807) is 12.1 Å². The Bertz CT molecular complexity index is 900. The molecule has 1 aromatic rings. The molecule has 3 heterocycles. The van der Waals surface area contributed by atoms with E-state index < -0.39 is 39.8 Å². The molecule has 0 saturated carbocycles. The highest BCUT2D eigenvalue weighted by atomic mass is 32.2. The van der Waals surface area contributed by atoms with Gasteiger partial charge in [0.15, 0.2) is 0 Å². The van der Waals surface area contributed by atoms with Crippen molar-refractivity contribution in [1.29, 1.82) is 0 Å². The molecule has 0 spiro atoms. The fourth-order valence-electron chi connectivity index (χ4n) is 4.82. The highest BCUT2D eigenvalue weighted by Crippen LogP contribution is 2.44. The van der Waals surface area contributed by atoms with Crippen molar-refractivity contribution >= 4 is 27.6 Å². The van der Waals surface area contributed by atoms with Gasteiger partial charge in [0.2, 0.25) is 15.9 Å². The number of nitrogens with one attached hydrogen (secondary N) is 1. The largest absolute Gasteiger partial charge is 0.481 e. The lowest BCUT2D eigenvalue weighted by molar-refractivity contribution is -0.147. The maximum Gasteiger partial charge on any atom is 0.310 e. The van der Waals surface area contributed by atoms with Gasteiger partial charge in [0.25, 0.3) is 0 Å². The van der Waals surface area contributed by atoms with E-state index in [1.807, 2.05) is 6.92 Å². The lowest BCUT2D eigenvalue weighted by Gasteiger charge is -2.32. The van der Waals surface area contributed by atoms with Crippen LogP contribution in [0.4, 0.5) is 5.69 Å². The smallest absolute Gasteiger partial charge is 0.310 e. The van der Waals surface area contributed by atoms with Gasteiger partial charge in [-0.3, -0.25) is 9.59 Å². The number of nitrogens with zero attached hydrogens (tertiary/aromatic N) is 1. The molecule has 3 fully saturated rings. The summed E-state index contributed by atoms with van der Waals surface area (Å²) in [5, 5.41) is 12.2. The van der Waals surface area contributed by atoms with Crippen molar-refractivity contribution in [3.05, 3.63) is 24.3 Å². The van der Waals surface area contributed by atoms with Gasteiger partial charge in [-0.2, -0.15) is 4.31 Å². The van der Waals surface area contributed by atoms with Gasteiger partial charge >= 0.3 is 5.97 Å². The number of fused-ring (bicyclic) bond motifs is 2. The molecule has 1 aromatic carbocycles. The normalized spacial score (nSPS) is 32.2. The van der Waals surface area contributed by atoms with Crippen LogP contribution in [0.2, 0.25) is 0 Å². The molecule has 3 aliphatic heterocycles. The number of rotatable bonds is 5. The first-order valence-corrected chi connectivity index (χ1v) is 11.5. The number of ether oxygens (including phenoxy) is 1. The maximum atomic E-state index is 12.9. The van der Waals surface area contributed by atoms with Crippen molar-refractivity contribution in [1.82, 2.24) is 4.31 Å². The van der Waals surface area contributed by atoms with Crippen molar-refractivity contribution in [3.8, 4) is 0 Å². The summed E-state index contributed by atoms with van der Waals surface area (Å²) < 4.78 is 33.0. The van der Waals surface area contributed by atoms with Gasteiger partial charge in [0.1, 0.15) is 0 Å². The number of hydrogen-bond donors (Lipinski definition) is 2. The Hall–Kier alpha value is -1.97. The summed E-state index contributed by atoms with van der Waals surface area (Å²) in [4.78, 5) is 24.5. The lowest BCUT2D eigenvalue weighted by atomic mass is 9.78. The number of piperidine rings is 1. The summed E-state index contributed by atoms with van der Waals surface area (Å²) in [5.74, 6) is -2.99. The predicted octanol–water partition coefficient (Wildman–Crippen LogP) is 2.07. The van der Waals surface area contributed by atoms with Gasteiger partial charge in [-0.05, 0) is 56.9 Å². The fraction of sp³-hybridized carbons (Fsp3) is 0.600. The zero-order chi connectivity index (χ0) is 20.8. The van der Waals surface area contributed by atoms with Crippen molar-refractivity contribution in [2.75, 3.05) is 11.9 Å². The monoisotopic (exact) mass is 422 g/mol. The highest BCUT2D eigenvalue weighted by molar-refractivity contribution is 7.89. The van der Waals surface area contributed by atoms with Crippen molar-refractivity contribution in [3.63, 3.8) is 0 Å². The molecule has 2 N–H and O–H groups in total. The third-order valence-electron chi connectivity index (χ3n) is 6.33. The molecule has 0 radical (unpaired) electrons. The van der Waals surface area contributed by atoms with Crippen LogP contribution in [0.25, 0.3) is 0 Å². The average molecular weight is 423 g/mol. The predicted molar refractivity (Wildman–Crippen MR) is 105 cm³/mol. The third kappa shape index (κ3) is 3.67. The average Bonchev–Trinajstić information content (AvgIpc) is 3.30. The van der Waals surface area contributed by atoms with Crippen LogP contribution in [0.1, 0.15) is 39.0 Å². The molecule has 0 unspecified atom stereocenters. The Morgan fingerprint density at radius 1 is 1.07 bits per heavy atom. The van der Waals surface area contributed by atoms with E-state index in [2.05, 4.69) is 5.32 Å². The molecule has 1 amide bonds. The number of benzene rings is 1.